The molecule has 0 aliphatic heterocycles. The van der Waals surface area contributed by atoms with Gasteiger partial charge in [-0.15, -0.1) is 0 Å². The van der Waals surface area contributed by atoms with Crippen molar-refractivity contribution in [1.29, 1.82) is 0 Å². The van der Waals surface area contributed by atoms with Gasteiger partial charge in [0.15, 0.2) is 5.78 Å². The highest BCUT2D eigenvalue weighted by Crippen LogP contribution is 2.29. The van der Waals surface area contributed by atoms with E-state index < -0.39 is 24.4 Å². The molecule has 1 rings (SSSR count). The summed E-state index contributed by atoms with van der Waals surface area (Å²) in [4.78, 5) is 36.7. The Morgan fingerprint density at radius 2 is 1.69 bits per heavy atom. The third-order valence-corrected chi connectivity index (χ3v) is 8.54. The maximum absolute atomic E-state index is 12.9. The second kappa shape index (κ2) is 30.6. The van der Waals surface area contributed by atoms with Gasteiger partial charge in [0.25, 0.3) is 5.91 Å². The van der Waals surface area contributed by atoms with E-state index in [1.54, 1.807) is 32.3 Å². The summed E-state index contributed by atoms with van der Waals surface area (Å²) in [5, 5.41) is 16.6. The van der Waals surface area contributed by atoms with Gasteiger partial charge in [-0.1, -0.05) is 104 Å². The van der Waals surface area contributed by atoms with Crippen molar-refractivity contribution in [2.75, 3.05) is 27.8 Å². The van der Waals surface area contributed by atoms with Crippen molar-refractivity contribution in [3.8, 4) is 0 Å². The van der Waals surface area contributed by atoms with Crippen molar-refractivity contribution >= 4 is 17.8 Å². The number of ketones is 1. The van der Waals surface area contributed by atoms with Crippen LogP contribution in [0.25, 0.3) is 0 Å². The largest absolute Gasteiger partial charge is 0.443 e. The molecule has 0 spiro atoms. The number of unbranched alkanes of at least 4 members (excludes halogenated alkanes) is 1. The minimum Gasteiger partial charge on any atom is -0.443 e. The van der Waals surface area contributed by atoms with Crippen LogP contribution in [0.2, 0.25) is 0 Å². The number of allylic oxidation sites excluding steroid dienone is 6. The van der Waals surface area contributed by atoms with Gasteiger partial charge in [0.1, 0.15) is 12.2 Å². The van der Waals surface area contributed by atoms with Crippen LogP contribution in [0.5, 0.6) is 0 Å². The fourth-order valence-corrected chi connectivity index (χ4v) is 5.33. The molecule has 0 aromatic carbocycles. The predicted molar refractivity (Wildman–Crippen MR) is 210 cm³/mol. The Balaban J connectivity index is 0. The van der Waals surface area contributed by atoms with E-state index >= 15 is 0 Å². The number of amides is 2. The van der Waals surface area contributed by atoms with Crippen LogP contribution in [0.4, 0.5) is 4.79 Å². The lowest BCUT2D eigenvalue weighted by atomic mass is 9.86. The lowest BCUT2D eigenvalue weighted by molar-refractivity contribution is -0.116. The molecule has 0 saturated carbocycles. The highest BCUT2D eigenvalue weighted by Gasteiger charge is 2.27. The Bertz CT molecular complexity index is 1120. The van der Waals surface area contributed by atoms with Gasteiger partial charge >= 0.3 is 6.09 Å². The number of primary amides is 1. The summed E-state index contributed by atoms with van der Waals surface area (Å²) in [6, 6.07) is 0. The van der Waals surface area contributed by atoms with Gasteiger partial charge in [-0.3, -0.25) is 9.59 Å². The SMILES string of the molecule is C=C1C/C(C[C@@H](C)CC(OC)C(O)C(C)CCC)=C\CC(=O)/C=C\1NC(=O)/C(C)=C/C=C\C(OC)C(CC)OC(N)=O.CCCC.CCCNC. The summed E-state index contributed by atoms with van der Waals surface area (Å²) >= 11 is 0. The number of methoxy groups -OCH3 is 2. The van der Waals surface area contributed by atoms with Crippen LogP contribution in [0.15, 0.2) is 59.4 Å². The molecule has 10 heteroatoms. The molecule has 0 bridgehead atoms. The van der Waals surface area contributed by atoms with E-state index in [4.69, 9.17) is 19.9 Å². The minimum atomic E-state index is -0.881. The lowest BCUT2D eigenvalue weighted by Crippen LogP contribution is -2.35. The zero-order valence-electron chi connectivity index (χ0n) is 33.8. The molecule has 5 N–H and O–H groups in total. The molecule has 6 atom stereocenters. The molecule has 0 aromatic heterocycles. The van der Waals surface area contributed by atoms with Crippen molar-refractivity contribution in [2.24, 2.45) is 17.6 Å². The first-order valence-electron chi connectivity index (χ1n) is 18.8. The lowest BCUT2D eigenvalue weighted by Gasteiger charge is -2.29. The first-order chi connectivity index (χ1) is 24.2. The summed E-state index contributed by atoms with van der Waals surface area (Å²) in [5.74, 6) is -0.131. The topological polar surface area (TPSA) is 149 Å². The molecular formula is C41H73N3O7. The third-order valence-electron chi connectivity index (χ3n) is 8.54. The number of carbonyl (C=O) groups is 3. The van der Waals surface area contributed by atoms with E-state index in [0.717, 1.165) is 31.4 Å². The van der Waals surface area contributed by atoms with Crippen LogP contribution in [0.3, 0.4) is 0 Å². The summed E-state index contributed by atoms with van der Waals surface area (Å²) in [7, 11) is 5.09. The summed E-state index contributed by atoms with van der Waals surface area (Å²) in [6.45, 7) is 21.6. The summed E-state index contributed by atoms with van der Waals surface area (Å²) in [5.41, 5.74) is 7.65. The first kappa shape index (κ1) is 50.1. The summed E-state index contributed by atoms with van der Waals surface area (Å²) in [6.07, 6.45) is 14.1. The Kier molecular flexibility index (Phi) is 30.0. The van der Waals surface area contributed by atoms with Gasteiger partial charge in [0, 0.05) is 38.0 Å². The van der Waals surface area contributed by atoms with Crippen LogP contribution in [-0.2, 0) is 23.8 Å². The first-order valence-corrected chi connectivity index (χ1v) is 18.8. The minimum absolute atomic E-state index is 0.126. The second-order valence-electron chi connectivity index (χ2n) is 13.3. The molecule has 5 unspecified atom stereocenters. The molecule has 0 fully saturated rings. The fourth-order valence-electron chi connectivity index (χ4n) is 5.33. The van der Waals surface area contributed by atoms with Crippen LogP contribution in [0, 0.1) is 11.8 Å². The van der Waals surface area contributed by atoms with E-state index in [9.17, 15) is 19.5 Å². The molecule has 0 heterocycles. The fraction of sp³-hybridized carbons (Fsp3) is 0.683. The van der Waals surface area contributed by atoms with E-state index in [0.29, 0.717) is 36.1 Å². The van der Waals surface area contributed by atoms with E-state index in [-0.39, 0.29) is 36.1 Å². The molecule has 1 aliphatic rings. The number of nitrogens with two attached hydrogens (primary N) is 1. The third kappa shape index (κ3) is 23.2. The maximum Gasteiger partial charge on any atom is 0.404 e. The average Bonchev–Trinajstić information content (AvgIpc) is 3.09. The number of hydrogen-bond donors (Lipinski definition) is 4. The molecule has 294 valence electrons. The second-order valence-corrected chi connectivity index (χ2v) is 13.3. The molecule has 51 heavy (non-hydrogen) atoms. The normalized spacial score (nSPS) is 19.2. The van der Waals surface area contributed by atoms with Crippen LogP contribution in [-0.4, -0.2) is 75.1 Å². The number of rotatable bonds is 20. The molecular weight excluding hydrogens is 646 g/mol. The Morgan fingerprint density at radius 1 is 1.04 bits per heavy atom. The molecule has 2 amide bonds. The Morgan fingerprint density at radius 3 is 2.16 bits per heavy atom. The highest BCUT2D eigenvalue weighted by molar-refractivity contribution is 5.97. The number of aliphatic hydroxyl groups is 1. The predicted octanol–water partition coefficient (Wildman–Crippen LogP) is 7.87. The van der Waals surface area contributed by atoms with Crippen molar-refractivity contribution in [1.82, 2.24) is 10.6 Å². The molecule has 0 radical (unpaired) electrons. The average molecular weight is 720 g/mol. The van der Waals surface area contributed by atoms with Crippen LogP contribution >= 0.6 is 0 Å². The van der Waals surface area contributed by atoms with Gasteiger partial charge in [-0.25, -0.2) is 4.79 Å². The maximum atomic E-state index is 12.9. The molecule has 1 aliphatic carbocycles. The number of hydrogen-bond acceptors (Lipinski definition) is 8. The molecule has 0 saturated heterocycles. The number of aliphatic hydroxyl groups excluding tert-OH is 1. The Hall–Kier alpha value is -3.05. The van der Waals surface area contributed by atoms with Gasteiger partial charge < -0.3 is 35.7 Å². The van der Waals surface area contributed by atoms with Crippen molar-refractivity contribution in [2.45, 2.75) is 144 Å². The van der Waals surface area contributed by atoms with Crippen LogP contribution in [0.1, 0.15) is 120 Å². The smallest absolute Gasteiger partial charge is 0.404 e. The zero-order valence-corrected chi connectivity index (χ0v) is 33.8. The summed E-state index contributed by atoms with van der Waals surface area (Å²) < 4.78 is 16.1. The number of nitrogens with one attached hydrogen (secondary N) is 2. The van der Waals surface area contributed by atoms with Gasteiger partial charge in [-0.05, 0) is 76.5 Å². The zero-order chi connectivity index (χ0) is 39.4. The standard InChI is InChI=1S/C33H52N2O7.C4H11N.C4H10/c1-9-12-22(4)31(37)30(41-8)18-21(3)17-25-15-16-26(36)20-27(24(6)19-25)35-32(38)23(5)13-11-14-29(40-7)28(10-2)42-33(34)39;1-3-4-5-2;1-3-4-2/h11,13-15,20-22,28-31,37H,6,9-10,12,16-19H2,1-5,7-8H3,(H2,34,39)(H,35,38);5H,3-4H2,1-2H3;3-4H2,1-2H3/b14-11-,23-13+,25-15-,27-20+;;/t21-,22?,28?,29?,30?,31?;;/m1../s1. The van der Waals surface area contributed by atoms with Gasteiger partial charge in [-0.2, -0.15) is 0 Å². The highest BCUT2D eigenvalue weighted by atomic mass is 16.6. The van der Waals surface area contributed by atoms with E-state index in [1.165, 1.54) is 32.4 Å². The number of carbonyl (C=O) groups excluding carboxylic acids is 3. The Labute approximate surface area is 310 Å². The number of ether oxygens (including phenoxy) is 3. The van der Waals surface area contributed by atoms with Crippen molar-refractivity contribution in [3.63, 3.8) is 0 Å². The van der Waals surface area contributed by atoms with E-state index in [2.05, 4.69) is 51.8 Å². The molecule has 0 aromatic rings. The van der Waals surface area contributed by atoms with Gasteiger partial charge in [0.05, 0.1) is 12.2 Å². The van der Waals surface area contributed by atoms with Crippen molar-refractivity contribution < 1.29 is 33.7 Å². The molecule has 10 nitrogen and oxygen atoms in total. The van der Waals surface area contributed by atoms with Gasteiger partial charge in [0.2, 0.25) is 0 Å². The monoisotopic (exact) mass is 720 g/mol. The van der Waals surface area contributed by atoms with Crippen LogP contribution < -0.4 is 16.4 Å². The van der Waals surface area contributed by atoms with E-state index in [1.807, 2.05) is 27.0 Å². The van der Waals surface area contributed by atoms with Crippen molar-refractivity contribution in [3.05, 3.63) is 59.4 Å². The quantitative estimate of drug-likeness (QED) is 0.0564.